The Labute approximate surface area is 158 Å². The number of methoxy groups -OCH3 is 1. The maximum atomic E-state index is 11.6. The predicted molar refractivity (Wildman–Crippen MR) is 101 cm³/mol. The first-order chi connectivity index (χ1) is 12.6. The van der Waals surface area contributed by atoms with Gasteiger partial charge in [-0.15, -0.1) is 0 Å². The van der Waals surface area contributed by atoms with E-state index in [4.69, 9.17) is 10.5 Å². The first-order valence-corrected chi connectivity index (χ1v) is 10.3. The first kappa shape index (κ1) is 19.4. The lowest BCUT2D eigenvalue weighted by atomic mass is 9.97. The summed E-state index contributed by atoms with van der Waals surface area (Å²) in [5.41, 5.74) is 5.46. The molecule has 0 aromatic heterocycles. The van der Waals surface area contributed by atoms with Crippen LogP contribution in [0.15, 0.2) is 5.10 Å². The summed E-state index contributed by atoms with van der Waals surface area (Å²) in [4.78, 5) is 25.6. The number of hydrazone groups is 1. The third-order valence-electron chi connectivity index (χ3n) is 5.51. The van der Waals surface area contributed by atoms with E-state index in [-0.39, 0.29) is 17.3 Å². The Bertz CT molecular complexity index is 545. The second-order valence-corrected chi connectivity index (χ2v) is 8.27. The number of rotatable bonds is 6. The molecule has 0 aromatic carbocycles. The number of hydrogen-bond donors (Lipinski definition) is 2. The number of nitrogens with one attached hydrogen (secondary N) is 1. The smallest absolute Gasteiger partial charge is 0.308 e. The Balaban J connectivity index is 1.52. The molecule has 0 saturated carbocycles. The number of thioether (sulfide) groups is 1. The molecule has 3 N–H and O–H groups in total. The molecule has 0 radical (unpaired) electrons. The zero-order valence-corrected chi connectivity index (χ0v) is 16.2. The number of amides is 1. The molecule has 0 aromatic rings. The van der Waals surface area contributed by atoms with Crippen LogP contribution in [0.1, 0.15) is 25.7 Å². The number of esters is 1. The summed E-state index contributed by atoms with van der Waals surface area (Å²) >= 11 is 1.52. The van der Waals surface area contributed by atoms with E-state index < -0.39 is 5.91 Å². The number of carbonyl (C=O) groups is 2. The number of likely N-dealkylation sites (tertiary alicyclic amines) is 1. The Morgan fingerprint density at radius 3 is 2.54 bits per heavy atom. The maximum absolute atomic E-state index is 11.6. The lowest BCUT2D eigenvalue weighted by Gasteiger charge is -2.35. The van der Waals surface area contributed by atoms with Gasteiger partial charge in [-0.2, -0.15) is 5.10 Å². The number of nitrogens with two attached hydrogens (primary N) is 1. The summed E-state index contributed by atoms with van der Waals surface area (Å²) in [6.07, 6.45) is 3.88. The van der Waals surface area contributed by atoms with E-state index in [0.717, 1.165) is 65.0 Å². The monoisotopic (exact) mass is 383 g/mol. The van der Waals surface area contributed by atoms with Crippen molar-refractivity contribution >= 4 is 28.7 Å². The van der Waals surface area contributed by atoms with E-state index in [2.05, 4.69) is 20.3 Å². The largest absolute Gasteiger partial charge is 0.469 e. The Hall–Kier alpha value is -1.32. The first-order valence-electron chi connectivity index (χ1n) is 9.41. The van der Waals surface area contributed by atoms with Crippen LogP contribution in [0.5, 0.6) is 0 Å². The van der Waals surface area contributed by atoms with Crippen LogP contribution < -0.4 is 11.1 Å². The minimum atomic E-state index is -0.435. The molecule has 0 aliphatic carbocycles. The zero-order valence-electron chi connectivity index (χ0n) is 15.4. The molecular formula is C17H29N5O3S. The van der Waals surface area contributed by atoms with Crippen molar-refractivity contribution in [3.8, 4) is 0 Å². The summed E-state index contributed by atoms with van der Waals surface area (Å²) in [5.74, 6) is 0.0186. The number of hydrogen-bond acceptors (Lipinski definition) is 8. The Morgan fingerprint density at radius 2 is 1.92 bits per heavy atom. The van der Waals surface area contributed by atoms with Crippen molar-refractivity contribution in [2.75, 3.05) is 46.4 Å². The van der Waals surface area contributed by atoms with Crippen LogP contribution in [0.3, 0.4) is 0 Å². The molecule has 1 unspecified atom stereocenters. The average molecular weight is 384 g/mol. The van der Waals surface area contributed by atoms with E-state index in [1.807, 2.05) is 0 Å². The lowest BCUT2D eigenvalue weighted by molar-refractivity contribution is -0.147. The normalized spacial score (nSPS) is 26.0. The fourth-order valence-corrected chi connectivity index (χ4v) is 5.16. The molecule has 1 atom stereocenters. The van der Waals surface area contributed by atoms with Crippen LogP contribution in [0.4, 0.5) is 0 Å². The van der Waals surface area contributed by atoms with Gasteiger partial charge in [-0.1, -0.05) is 11.8 Å². The minimum absolute atomic E-state index is 0.0283. The highest BCUT2D eigenvalue weighted by molar-refractivity contribution is 8.16. The molecule has 3 heterocycles. The van der Waals surface area contributed by atoms with Crippen molar-refractivity contribution in [3.63, 3.8) is 0 Å². The standard InChI is InChI=1S/C17H29N5O3S/c1-25-17(24)13-4-8-21(9-5-13)10-11-22-16(12-2-6-19-7-3-12)26-15(20-22)14(18)23/h12-13,16,19H,2-11H2,1H3,(H2,18,23). The van der Waals surface area contributed by atoms with Crippen molar-refractivity contribution < 1.29 is 14.3 Å². The number of ether oxygens (including phenoxy) is 1. The van der Waals surface area contributed by atoms with E-state index in [9.17, 15) is 9.59 Å². The van der Waals surface area contributed by atoms with E-state index >= 15 is 0 Å². The molecule has 2 fully saturated rings. The number of nitrogens with zero attached hydrogens (tertiary/aromatic N) is 3. The molecule has 8 nitrogen and oxygen atoms in total. The van der Waals surface area contributed by atoms with Crippen molar-refractivity contribution in [1.29, 1.82) is 0 Å². The van der Waals surface area contributed by atoms with Gasteiger partial charge in [-0.25, -0.2) is 0 Å². The molecule has 9 heteroatoms. The molecule has 1 amide bonds. The van der Waals surface area contributed by atoms with E-state index in [1.54, 1.807) is 0 Å². The summed E-state index contributed by atoms with van der Waals surface area (Å²) < 4.78 is 4.85. The summed E-state index contributed by atoms with van der Waals surface area (Å²) in [6.45, 7) is 5.48. The second kappa shape index (κ2) is 9.05. The van der Waals surface area contributed by atoms with Crippen LogP contribution in [0, 0.1) is 11.8 Å². The third kappa shape index (κ3) is 4.69. The summed E-state index contributed by atoms with van der Waals surface area (Å²) in [7, 11) is 1.45. The van der Waals surface area contributed by atoms with Crippen LogP contribution in [-0.4, -0.2) is 78.6 Å². The van der Waals surface area contributed by atoms with Gasteiger partial charge in [-0.05, 0) is 57.8 Å². The quantitative estimate of drug-likeness (QED) is 0.625. The second-order valence-electron chi connectivity index (χ2n) is 7.17. The summed E-state index contributed by atoms with van der Waals surface area (Å²) in [5, 5.41) is 10.6. The summed E-state index contributed by atoms with van der Waals surface area (Å²) in [6, 6.07) is 0. The minimum Gasteiger partial charge on any atom is -0.469 e. The van der Waals surface area contributed by atoms with Crippen molar-refractivity contribution in [2.45, 2.75) is 31.1 Å². The van der Waals surface area contributed by atoms with Gasteiger partial charge in [0.15, 0.2) is 5.04 Å². The molecule has 3 rings (SSSR count). The van der Waals surface area contributed by atoms with Gasteiger partial charge in [0.1, 0.15) is 5.37 Å². The van der Waals surface area contributed by atoms with Gasteiger partial charge in [-0.3, -0.25) is 14.6 Å². The topological polar surface area (TPSA) is 100 Å². The highest BCUT2D eigenvalue weighted by Crippen LogP contribution is 2.35. The number of primary amides is 1. The molecule has 0 spiro atoms. The van der Waals surface area contributed by atoms with Gasteiger partial charge in [0.2, 0.25) is 0 Å². The van der Waals surface area contributed by atoms with Crippen molar-refractivity contribution in [1.82, 2.24) is 15.2 Å². The predicted octanol–water partition coefficient (Wildman–Crippen LogP) is 0.0447. The molecule has 2 saturated heterocycles. The Morgan fingerprint density at radius 1 is 1.23 bits per heavy atom. The van der Waals surface area contributed by atoms with Gasteiger partial charge < -0.3 is 20.7 Å². The molecule has 146 valence electrons. The maximum Gasteiger partial charge on any atom is 0.308 e. The van der Waals surface area contributed by atoms with Crippen LogP contribution in [-0.2, 0) is 14.3 Å². The average Bonchev–Trinajstić information content (AvgIpc) is 3.11. The van der Waals surface area contributed by atoms with Gasteiger partial charge in [0.05, 0.1) is 19.6 Å². The van der Waals surface area contributed by atoms with Gasteiger partial charge in [0, 0.05) is 6.54 Å². The molecule has 3 aliphatic rings. The van der Waals surface area contributed by atoms with Gasteiger partial charge in [0.25, 0.3) is 5.91 Å². The Kier molecular flexibility index (Phi) is 6.77. The highest BCUT2D eigenvalue weighted by Gasteiger charge is 2.36. The lowest BCUT2D eigenvalue weighted by Crippen LogP contribution is -2.43. The van der Waals surface area contributed by atoms with Crippen LogP contribution >= 0.6 is 11.8 Å². The van der Waals surface area contributed by atoms with E-state index in [1.165, 1.54) is 18.9 Å². The van der Waals surface area contributed by atoms with Gasteiger partial charge >= 0.3 is 5.97 Å². The fourth-order valence-electron chi connectivity index (χ4n) is 3.93. The van der Waals surface area contributed by atoms with Crippen LogP contribution in [0.25, 0.3) is 0 Å². The van der Waals surface area contributed by atoms with Crippen molar-refractivity contribution in [3.05, 3.63) is 0 Å². The third-order valence-corrected chi connectivity index (χ3v) is 6.89. The number of carbonyl (C=O) groups excluding carboxylic acids is 2. The highest BCUT2D eigenvalue weighted by atomic mass is 32.2. The fraction of sp³-hybridized carbons (Fsp3) is 0.824. The molecule has 0 bridgehead atoms. The zero-order chi connectivity index (χ0) is 18.5. The SMILES string of the molecule is COC(=O)C1CCN(CCN2N=C(C(N)=O)SC2C2CCNCC2)CC1. The van der Waals surface area contributed by atoms with Crippen molar-refractivity contribution in [2.24, 2.45) is 22.7 Å². The molecular weight excluding hydrogens is 354 g/mol. The number of piperidine rings is 2. The molecule has 3 aliphatic heterocycles. The molecule has 26 heavy (non-hydrogen) atoms. The van der Waals surface area contributed by atoms with E-state index in [0.29, 0.717) is 11.0 Å². The van der Waals surface area contributed by atoms with Crippen LogP contribution in [0.2, 0.25) is 0 Å².